The van der Waals surface area contributed by atoms with Crippen LogP contribution in [0.25, 0.3) is 10.8 Å². The van der Waals surface area contributed by atoms with E-state index in [1.54, 1.807) is 37.9 Å². The SMILES string of the molecule is CCOc1cc(N2CCC(N3CCN(CCCOc4cc(F)cc(F)c4)CC3)CC2)c(CC)cc1Nc1ncc(Br)c(Nc2ccc3c(=O)n(CC)ncc3c2P(C)(C)=O)n1. The number of nitrogens with one attached hydrogen (secondary N) is 2. The molecule has 0 unspecified atom stereocenters. The maximum atomic E-state index is 13.7. The Morgan fingerprint density at radius 2 is 1.62 bits per heavy atom. The maximum Gasteiger partial charge on any atom is 0.274 e. The Labute approximate surface area is 364 Å². The van der Waals surface area contributed by atoms with E-state index in [0.29, 0.717) is 69.6 Å². The summed E-state index contributed by atoms with van der Waals surface area (Å²) in [7, 11) is -2.90. The fourth-order valence-electron chi connectivity index (χ4n) is 8.39. The molecule has 2 N–H and O–H groups in total. The molecule has 3 aromatic carbocycles. The third kappa shape index (κ3) is 10.5. The zero-order chi connectivity index (χ0) is 43.3. The number of anilines is 5. The summed E-state index contributed by atoms with van der Waals surface area (Å²) >= 11 is 3.59. The molecule has 2 aliphatic heterocycles. The lowest BCUT2D eigenvalue weighted by atomic mass is 9.99. The van der Waals surface area contributed by atoms with Crippen LogP contribution in [0.15, 0.2) is 64.1 Å². The van der Waals surface area contributed by atoms with Gasteiger partial charge in [0.15, 0.2) is 0 Å². The molecule has 2 saturated heterocycles. The highest BCUT2D eigenvalue weighted by atomic mass is 79.9. The fourth-order valence-corrected chi connectivity index (χ4v) is 10.2. The van der Waals surface area contributed by atoms with Gasteiger partial charge >= 0.3 is 0 Å². The number of benzene rings is 3. The first-order valence-electron chi connectivity index (χ1n) is 21.1. The molecular weight excluding hydrogens is 867 g/mol. The number of piperazine rings is 1. The number of aromatic nitrogens is 4. The van der Waals surface area contributed by atoms with E-state index in [1.165, 1.54) is 28.1 Å². The second-order valence-corrected chi connectivity index (χ2v) is 19.8. The summed E-state index contributed by atoms with van der Waals surface area (Å²) in [5.74, 6) is 0.485. The summed E-state index contributed by atoms with van der Waals surface area (Å²) in [6.07, 6.45) is 7.04. The van der Waals surface area contributed by atoms with Gasteiger partial charge in [-0.05, 0) is 92.6 Å². The van der Waals surface area contributed by atoms with Crippen LogP contribution < -0.4 is 35.9 Å². The first-order chi connectivity index (χ1) is 29.3. The number of halogens is 3. The van der Waals surface area contributed by atoms with Crippen molar-refractivity contribution in [2.45, 2.75) is 59.0 Å². The van der Waals surface area contributed by atoms with Gasteiger partial charge in [0, 0.05) is 105 Å². The van der Waals surface area contributed by atoms with Crippen LogP contribution in [0.3, 0.4) is 0 Å². The Morgan fingerprint density at radius 3 is 2.30 bits per heavy atom. The molecule has 0 bridgehead atoms. The minimum Gasteiger partial charge on any atom is -0.493 e. The summed E-state index contributed by atoms with van der Waals surface area (Å²) in [5, 5.41) is 12.6. The molecule has 2 fully saturated rings. The summed E-state index contributed by atoms with van der Waals surface area (Å²) in [6.45, 7) is 17.5. The van der Waals surface area contributed by atoms with Crippen LogP contribution in [0.2, 0.25) is 0 Å². The van der Waals surface area contributed by atoms with Crippen LogP contribution in [0.4, 0.5) is 37.6 Å². The van der Waals surface area contributed by atoms with Gasteiger partial charge in [-0.1, -0.05) is 6.92 Å². The number of hydrogen-bond donors (Lipinski definition) is 2. The van der Waals surface area contributed by atoms with Gasteiger partial charge in [-0.25, -0.2) is 18.4 Å². The highest BCUT2D eigenvalue weighted by Gasteiger charge is 2.29. The van der Waals surface area contributed by atoms with Crippen molar-refractivity contribution < 1.29 is 22.8 Å². The van der Waals surface area contributed by atoms with E-state index in [9.17, 15) is 18.1 Å². The predicted octanol–water partition coefficient (Wildman–Crippen LogP) is 8.00. The van der Waals surface area contributed by atoms with Crippen molar-refractivity contribution >= 4 is 68.0 Å². The van der Waals surface area contributed by atoms with Crippen molar-refractivity contribution in [3.8, 4) is 11.5 Å². The molecule has 0 spiro atoms. The molecule has 2 aromatic heterocycles. The summed E-state index contributed by atoms with van der Waals surface area (Å²) in [5.41, 5.74) is 3.47. The lowest BCUT2D eigenvalue weighted by Gasteiger charge is -2.43. The molecule has 0 amide bonds. The second kappa shape index (κ2) is 19.6. The van der Waals surface area contributed by atoms with E-state index in [-0.39, 0.29) is 11.3 Å². The molecule has 17 heteroatoms. The molecule has 0 saturated carbocycles. The lowest BCUT2D eigenvalue weighted by molar-refractivity contribution is 0.0818. The van der Waals surface area contributed by atoms with Crippen molar-refractivity contribution in [3.05, 3.63) is 86.9 Å². The number of aryl methyl sites for hydroxylation is 2. The first-order valence-corrected chi connectivity index (χ1v) is 24.5. The summed E-state index contributed by atoms with van der Waals surface area (Å²) in [4.78, 5) is 30.0. The van der Waals surface area contributed by atoms with Gasteiger partial charge in [0.05, 0.1) is 40.6 Å². The van der Waals surface area contributed by atoms with Crippen molar-refractivity contribution in [2.24, 2.45) is 0 Å². The normalized spacial score (nSPS) is 15.6. The van der Waals surface area contributed by atoms with Crippen LogP contribution in [0.1, 0.15) is 45.6 Å². The van der Waals surface area contributed by atoms with E-state index < -0.39 is 18.8 Å². The standard InChI is InChI=1S/C44H55BrF2N9O4P/c1-6-29-22-38(51-44-48-28-36(45)42(52-44)50-37-11-10-34-35(41(37)61(4,5)58)27-49-56(7-2)43(34)57)40(59-8-3)26-39(29)55-15-12-32(13-16-55)54-19-17-53(18-20-54)14-9-21-60-33-24-30(46)23-31(47)25-33/h10-11,22-28,32H,6-9,12-21H2,1-5H3,(H2,48,50,51,52). The molecule has 0 aliphatic carbocycles. The average Bonchev–Trinajstić information content (AvgIpc) is 3.23. The molecular formula is C44H55BrF2N9O4P. The van der Waals surface area contributed by atoms with Crippen molar-refractivity contribution in [2.75, 3.05) is 87.9 Å². The molecule has 326 valence electrons. The summed E-state index contributed by atoms with van der Waals surface area (Å²) in [6, 6.07) is 11.6. The van der Waals surface area contributed by atoms with Gasteiger partial charge < -0.3 is 34.5 Å². The largest absolute Gasteiger partial charge is 0.493 e. The summed E-state index contributed by atoms with van der Waals surface area (Å²) < 4.78 is 54.5. The quantitative estimate of drug-likeness (QED) is 0.0735. The van der Waals surface area contributed by atoms with Crippen LogP contribution in [0.5, 0.6) is 11.5 Å². The number of piperidine rings is 1. The van der Waals surface area contributed by atoms with Crippen LogP contribution in [-0.2, 0) is 17.5 Å². The molecule has 61 heavy (non-hydrogen) atoms. The zero-order valence-corrected chi connectivity index (χ0v) is 38.0. The molecule has 2 aliphatic rings. The van der Waals surface area contributed by atoms with Crippen LogP contribution in [-0.4, -0.2) is 108 Å². The first kappa shape index (κ1) is 44.4. The van der Waals surface area contributed by atoms with E-state index in [2.05, 4.69) is 70.4 Å². The van der Waals surface area contributed by atoms with Crippen LogP contribution >= 0.6 is 23.1 Å². The Bertz CT molecular complexity index is 2430. The monoisotopic (exact) mass is 921 g/mol. The van der Waals surface area contributed by atoms with Gasteiger partial charge in [-0.2, -0.15) is 10.1 Å². The minimum absolute atomic E-state index is 0.226. The topological polar surface area (TPSA) is 130 Å². The number of hydrogen-bond acceptors (Lipinski definition) is 12. The molecule has 4 heterocycles. The molecule has 0 radical (unpaired) electrons. The van der Waals surface area contributed by atoms with Gasteiger partial charge in [0.25, 0.3) is 5.56 Å². The second-order valence-electron chi connectivity index (χ2n) is 15.8. The Kier molecular flexibility index (Phi) is 14.3. The third-order valence-corrected chi connectivity index (χ3v) is 13.5. The minimum atomic E-state index is -2.90. The average molecular weight is 923 g/mol. The highest BCUT2D eigenvalue weighted by Crippen LogP contribution is 2.42. The molecule has 13 nitrogen and oxygen atoms in total. The lowest BCUT2D eigenvalue weighted by Crippen LogP contribution is -2.53. The zero-order valence-electron chi connectivity index (χ0n) is 35.5. The molecule has 5 aromatic rings. The number of nitrogens with zero attached hydrogens (tertiary/aromatic N) is 7. The smallest absolute Gasteiger partial charge is 0.274 e. The van der Waals surface area contributed by atoms with Gasteiger partial charge in [0.1, 0.15) is 36.1 Å². The van der Waals surface area contributed by atoms with Gasteiger partial charge in [-0.15, -0.1) is 0 Å². The van der Waals surface area contributed by atoms with Crippen molar-refractivity contribution in [3.63, 3.8) is 0 Å². The van der Waals surface area contributed by atoms with E-state index >= 15 is 0 Å². The number of fused-ring (bicyclic) bond motifs is 1. The van der Waals surface area contributed by atoms with Crippen molar-refractivity contribution in [1.29, 1.82) is 0 Å². The molecule has 7 rings (SSSR count). The van der Waals surface area contributed by atoms with E-state index in [1.807, 2.05) is 13.8 Å². The van der Waals surface area contributed by atoms with Gasteiger partial charge in [0.2, 0.25) is 5.95 Å². The Hall–Kier alpha value is -4.63. The van der Waals surface area contributed by atoms with E-state index in [0.717, 1.165) is 83.3 Å². The third-order valence-electron chi connectivity index (χ3n) is 11.4. The molecule has 0 atom stereocenters. The van der Waals surface area contributed by atoms with Crippen LogP contribution in [0, 0.1) is 11.6 Å². The maximum absolute atomic E-state index is 13.7. The van der Waals surface area contributed by atoms with Crippen molar-refractivity contribution in [1.82, 2.24) is 29.5 Å². The Morgan fingerprint density at radius 1 is 0.885 bits per heavy atom. The van der Waals surface area contributed by atoms with Gasteiger partial charge in [-0.3, -0.25) is 9.69 Å². The highest BCUT2D eigenvalue weighted by molar-refractivity contribution is 9.10. The fraction of sp³-hybridized carbons (Fsp3) is 0.455. The van der Waals surface area contributed by atoms with E-state index in [4.69, 9.17) is 14.5 Å². The number of rotatable bonds is 16. The predicted molar refractivity (Wildman–Crippen MR) is 244 cm³/mol. The Balaban J connectivity index is 0.990. The number of ether oxygens (including phenoxy) is 2.